The van der Waals surface area contributed by atoms with Crippen molar-refractivity contribution in [3.8, 4) is 5.75 Å². The van der Waals surface area contributed by atoms with E-state index >= 15 is 0 Å². The number of methoxy groups -OCH3 is 1. The lowest BCUT2D eigenvalue weighted by molar-refractivity contribution is -0.174. The monoisotopic (exact) mass is 290 g/mol. The van der Waals surface area contributed by atoms with Crippen molar-refractivity contribution in [3.05, 3.63) is 35.9 Å². The second-order valence-corrected chi connectivity index (χ2v) is 5.01. The molecule has 0 bridgehead atoms. The molecule has 1 aromatic carbocycles. The third kappa shape index (κ3) is 3.24. The molecule has 5 nitrogen and oxygen atoms in total. The highest BCUT2D eigenvalue weighted by atomic mass is 16.5. The normalized spacial score (nSPS) is 22.0. The first kappa shape index (κ1) is 15.1. The van der Waals surface area contributed by atoms with Crippen LogP contribution in [0.4, 0.5) is 0 Å². The van der Waals surface area contributed by atoms with Gasteiger partial charge in [-0.05, 0) is 37.0 Å². The van der Waals surface area contributed by atoms with Crippen LogP contribution in [0.1, 0.15) is 24.8 Å². The van der Waals surface area contributed by atoms with Crippen molar-refractivity contribution in [2.75, 3.05) is 13.7 Å². The van der Waals surface area contributed by atoms with Gasteiger partial charge >= 0.3 is 11.9 Å². The van der Waals surface area contributed by atoms with Gasteiger partial charge in [-0.2, -0.15) is 0 Å². The fourth-order valence-electron chi connectivity index (χ4n) is 2.36. The van der Waals surface area contributed by atoms with E-state index in [1.807, 2.05) is 24.3 Å². The number of rotatable bonds is 5. The van der Waals surface area contributed by atoms with E-state index in [2.05, 4.69) is 0 Å². The molecule has 0 amide bonds. The number of esters is 1. The van der Waals surface area contributed by atoms with Crippen LogP contribution in [-0.2, 0) is 14.3 Å². The lowest BCUT2D eigenvalue weighted by Crippen LogP contribution is -2.43. The van der Waals surface area contributed by atoms with Crippen LogP contribution in [0.2, 0.25) is 0 Å². The largest absolute Gasteiger partial charge is 0.497 e. The van der Waals surface area contributed by atoms with Gasteiger partial charge < -0.3 is 14.6 Å². The van der Waals surface area contributed by atoms with Crippen molar-refractivity contribution in [3.63, 3.8) is 0 Å². The van der Waals surface area contributed by atoms with Crippen molar-refractivity contribution < 1.29 is 24.2 Å². The predicted octanol–water partition coefficient (Wildman–Crippen LogP) is 2.51. The van der Waals surface area contributed by atoms with Crippen molar-refractivity contribution >= 4 is 18.0 Å². The molecule has 1 aliphatic rings. The lowest BCUT2D eigenvalue weighted by Gasteiger charge is -2.29. The second kappa shape index (κ2) is 6.43. The molecular formula is C16H18O5. The number of allylic oxidation sites excluding steroid dienone is 1. The maximum Gasteiger partial charge on any atom is 0.323 e. The minimum absolute atomic E-state index is 0.132. The van der Waals surface area contributed by atoms with Crippen molar-refractivity contribution in [1.82, 2.24) is 0 Å². The summed E-state index contributed by atoms with van der Waals surface area (Å²) in [6, 6.07) is 7.37. The van der Waals surface area contributed by atoms with Gasteiger partial charge in [0, 0.05) is 0 Å². The maximum absolute atomic E-state index is 11.8. The van der Waals surface area contributed by atoms with E-state index in [1.54, 1.807) is 19.3 Å². The molecule has 1 N–H and O–H groups in total. The van der Waals surface area contributed by atoms with Crippen LogP contribution in [-0.4, -0.2) is 30.8 Å². The fourth-order valence-corrected chi connectivity index (χ4v) is 2.36. The molecule has 1 atom stereocenters. The summed E-state index contributed by atoms with van der Waals surface area (Å²) in [5, 5.41) is 9.37. The molecule has 1 aromatic rings. The summed E-state index contributed by atoms with van der Waals surface area (Å²) in [6.07, 6.45) is 4.53. The summed E-state index contributed by atoms with van der Waals surface area (Å²) >= 11 is 0. The van der Waals surface area contributed by atoms with E-state index in [1.165, 1.54) is 0 Å². The number of ether oxygens (including phenoxy) is 2. The highest BCUT2D eigenvalue weighted by Crippen LogP contribution is 2.34. The Hall–Kier alpha value is -2.30. The first-order valence-electron chi connectivity index (χ1n) is 6.80. The summed E-state index contributed by atoms with van der Waals surface area (Å²) in [4.78, 5) is 23.3. The molecule has 1 fully saturated rings. The molecule has 5 heteroatoms. The molecule has 1 aliphatic heterocycles. The Bertz CT molecular complexity index is 546. The number of carbonyl (C=O) groups excluding carboxylic acids is 1. The van der Waals surface area contributed by atoms with E-state index in [-0.39, 0.29) is 6.42 Å². The van der Waals surface area contributed by atoms with E-state index in [0.29, 0.717) is 19.4 Å². The molecule has 1 heterocycles. The first-order chi connectivity index (χ1) is 10.1. The maximum atomic E-state index is 11.8. The van der Waals surface area contributed by atoms with E-state index in [0.717, 1.165) is 11.3 Å². The minimum atomic E-state index is -1.44. The Balaban J connectivity index is 2.09. The quantitative estimate of drug-likeness (QED) is 0.666. The van der Waals surface area contributed by atoms with Crippen molar-refractivity contribution in [2.45, 2.75) is 19.3 Å². The highest BCUT2D eigenvalue weighted by molar-refractivity contribution is 5.99. The van der Waals surface area contributed by atoms with Gasteiger partial charge in [0.2, 0.25) is 0 Å². The van der Waals surface area contributed by atoms with Gasteiger partial charge in [0.15, 0.2) is 5.41 Å². The van der Waals surface area contributed by atoms with Crippen molar-refractivity contribution in [1.29, 1.82) is 0 Å². The van der Waals surface area contributed by atoms with Gasteiger partial charge in [-0.3, -0.25) is 9.59 Å². The standard InChI is InChI=1S/C16H18O5/c1-20-13-7-5-12(6-8-13)4-2-9-16(14(17)18)10-3-11-21-15(16)19/h2,4-8H,3,9-11H2,1H3,(H,17,18). The van der Waals surface area contributed by atoms with Crippen LogP contribution in [0, 0.1) is 5.41 Å². The van der Waals surface area contributed by atoms with E-state index in [9.17, 15) is 14.7 Å². The number of hydrogen-bond donors (Lipinski definition) is 1. The molecule has 1 saturated heterocycles. The highest BCUT2D eigenvalue weighted by Gasteiger charge is 2.48. The van der Waals surface area contributed by atoms with Gasteiger partial charge in [0.1, 0.15) is 5.75 Å². The van der Waals surface area contributed by atoms with Gasteiger partial charge in [0.25, 0.3) is 0 Å². The number of carboxylic acids is 1. The number of hydrogen-bond acceptors (Lipinski definition) is 4. The molecule has 0 aromatic heterocycles. The topological polar surface area (TPSA) is 72.8 Å². The SMILES string of the molecule is COc1ccc(C=CCC2(C(=O)O)CCCOC2=O)cc1. The van der Waals surface area contributed by atoms with Gasteiger partial charge in [-0.25, -0.2) is 0 Å². The Morgan fingerprint density at radius 3 is 2.71 bits per heavy atom. The number of cyclic esters (lactones) is 1. The molecule has 2 rings (SSSR count). The summed E-state index contributed by atoms with van der Waals surface area (Å²) in [7, 11) is 1.59. The van der Waals surface area contributed by atoms with Crippen LogP contribution in [0.25, 0.3) is 6.08 Å². The first-order valence-corrected chi connectivity index (χ1v) is 6.80. The lowest BCUT2D eigenvalue weighted by atomic mass is 9.78. The number of aliphatic carboxylic acids is 1. The van der Waals surface area contributed by atoms with Crippen molar-refractivity contribution in [2.24, 2.45) is 5.41 Å². The van der Waals surface area contributed by atoms with Gasteiger partial charge in [-0.15, -0.1) is 0 Å². The molecule has 112 valence electrons. The third-order valence-electron chi connectivity index (χ3n) is 3.67. The van der Waals surface area contributed by atoms with Crippen LogP contribution in [0.5, 0.6) is 5.75 Å². The van der Waals surface area contributed by atoms with Crippen LogP contribution in [0.15, 0.2) is 30.3 Å². The zero-order valence-electron chi connectivity index (χ0n) is 11.9. The zero-order valence-corrected chi connectivity index (χ0v) is 11.9. The molecule has 1 unspecified atom stereocenters. The van der Waals surface area contributed by atoms with Gasteiger partial charge in [0.05, 0.1) is 13.7 Å². The summed E-state index contributed by atoms with van der Waals surface area (Å²) < 4.78 is 9.99. The summed E-state index contributed by atoms with van der Waals surface area (Å²) in [6.45, 7) is 0.302. The van der Waals surface area contributed by atoms with Crippen LogP contribution >= 0.6 is 0 Å². The Kier molecular flexibility index (Phi) is 4.62. The molecule has 0 saturated carbocycles. The molecule has 0 aliphatic carbocycles. The van der Waals surface area contributed by atoms with Crippen LogP contribution in [0.3, 0.4) is 0 Å². The molecule has 0 spiro atoms. The van der Waals surface area contributed by atoms with E-state index in [4.69, 9.17) is 9.47 Å². The summed E-state index contributed by atoms with van der Waals surface area (Å²) in [5.74, 6) is -1.00. The summed E-state index contributed by atoms with van der Waals surface area (Å²) in [5.41, 5.74) is -0.526. The Morgan fingerprint density at radius 2 is 2.14 bits per heavy atom. The number of carboxylic acid groups (broad SMARTS) is 1. The average Bonchev–Trinajstić information content (AvgIpc) is 2.50. The zero-order chi connectivity index (χ0) is 15.3. The molecule has 0 radical (unpaired) electrons. The van der Waals surface area contributed by atoms with Gasteiger partial charge in [-0.1, -0.05) is 24.3 Å². The number of carbonyl (C=O) groups is 2. The fraction of sp³-hybridized carbons (Fsp3) is 0.375. The third-order valence-corrected chi connectivity index (χ3v) is 3.67. The Morgan fingerprint density at radius 1 is 1.43 bits per heavy atom. The Labute approximate surface area is 123 Å². The minimum Gasteiger partial charge on any atom is -0.497 e. The van der Waals surface area contributed by atoms with Crippen LogP contribution < -0.4 is 4.74 Å². The second-order valence-electron chi connectivity index (χ2n) is 5.01. The molecular weight excluding hydrogens is 272 g/mol. The predicted molar refractivity (Wildman–Crippen MR) is 76.9 cm³/mol. The number of benzene rings is 1. The molecule has 21 heavy (non-hydrogen) atoms. The average molecular weight is 290 g/mol. The smallest absolute Gasteiger partial charge is 0.323 e. The van der Waals surface area contributed by atoms with E-state index < -0.39 is 17.4 Å².